The van der Waals surface area contributed by atoms with E-state index < -0.39 is 29.7 Å². The average molecular weight is 395 g/mol. The smallest absolute Gasteiger partial charge is 0.332 e. The standard InChI is InChI=1S/C21H21N3O5/c1-12-5-8-14(9-6-12)29-16-11-13(2)7-10-15(16)22-18(25)17-19(26)23(3)21(28)24(4)20(17)27/h5-11,17H,1-4H3,(H,22,25). The molecule has 1 fully saturated rings. The van der Waals surface area contributed by atoms with Gasteiger partial charge in [0.25, 0.3) is 11.8 Å². The molecule has 0 aliphatic carbocycles. The number of barbiturate groups is 1. The van der Waals surface area contributed by atoms with E-state index in [2.05, 4.69) is 5.32 Å². The molecule has 3 rings (SSSR count). The number of ether oxygens (including phenoxy) is 1. The van der Waals surface area contributed by atoms with E-state index in [9.17, 15) is 19.2 Å². The molecule has 0 bridgehead atoms. The number of anilines is 1. The van der Waals surface area contributed by atoms with Crippen LogP contribution in [0.15, 0.2) is 42.5 Å². The molecule has 150 valence electrons. The minimum atomic E-state index is -1.64. The van der Waals surface area contributed by atoms with Crippen LogP contribution in [0.1, 0.15) is 11.1 Å². The Morgan fingerprint density at radius 1 is 0.897 bits per heavy atom. The zero-order chi connectivity index (χ0) is 21.3. The molecule has 8 nitrogen and oxygen atoms in total. The summed E-state index contributed by atoms with van der Waals surface area (Å²) in [5.41, 5.74) is 2.29. The van der Waals surface area contributed by atoms with Crippen LogP contribution in [0.4, 0.5) is 10.5 Å². The number of amides is 5. The SMILES string of the molecule is Cc1ccc(Oc2cc(C)ccc2NC(=O)C2C(=O)N(C)C(=O)N(C)C2=O)cc1. The van der Waals surface area contributed by atoms with Gasteiger partial charge in [-0.05, 0) is 43.7 Å². The topological polar surface area (TPSA) is 96.0 Å². The third-order valence-electron chi connectivity index (χ3n) is 4.63. The van der Waals surface area contributed by atoms with Crippen LogP contribution in [0, 0.1) is 19.8 Å². The van der Waals surface area contributed by atoms with Crippen LogP contribution in [0.5, 0.6) is 11.5 Å². The Balaban J connectivity index is 1.87. The van der Waals surface area contributed by atoms with E-state index in [0.717, 1.165) is 20.9 Å². The molecule has 1 aliphatic heterocycles. The first-order valence-corrected chi connectivity index (χ1v) is 8.94. The van der Waals surface area contributed by atoms with Crippen molar-refractivity contribution in [2.24, 2.45) is 5.92 Å². The maximum absolute atomic E-state index is 12.7. The third-order valence-corrected chi connectivity index (χ3v) is 4.63. The molecule has 0 unspecified atom stereocenters. The molecular weight excluding hydrogens is 374 g/mol. The maximum atomic E-state index is 12.7. The molecule has 1 aliphatic rings. The largest absolute Gasteiger partial charge is 0.455 e. The molecule has 2 aromatic rings. The van der Waals surface area contributed by atoms with Gasteiger partial charge in [0.1, 0.15) is 5.75 Å². The summed E-state index contributed by atoms with van der Waals surface area (Å²) in [6.07, 6.45) is 0. The van der Waals surface area contributed by atoms with Crippen molar-refractivity contribution in [3.8, 4) is 11.5 Å². The molecular formula is C21H21N3O5. The Kier molecular flexibility index (Phi) is 5.36. The molecule has 0 saturated carbocycles. The lowest BCUT2D eigenvalue weighted by Gasteiger charge is -2.32. The van der Waals surface area contributed by atoms with Crippen LogP contribution in [-0.2, 0) is 14.4 Å². The Labute approximate surface area is 168 Å². The highest BCUT2D eigenvalue weighted by molar-refractivity contribution is 6.28. The van der Waals surface area contributed by atoms with E-state index in [1.807, 2.05) is 26.0 Å². The summed E-state index contributed by atoms with van der Waals surface area (Å²) in [5.74, 6) is -3.27. The molecule has 2 aromatic carbocycles. The van der Waals surface area contributed by atoms with E-state index in [0.29, 0.717) is 17.2 Å². The fraction of sp³-hybridized carbons (Fsp3) is 0.238. The summed E-state index contributed by atoms with van der Waals surface area (Å²) >= 11 is 0. The van der Waals surface area contributed by atoms with E-state index in [4.69, 9.17) is 4.74 Å². The van der Waals surface area contributed by atoms with Crippen molar-refractivity contribution in [2.75, 3.05) is 19.4 Å². The third kappa shape index (κ3) is 3.96. The van der Waals surface area contributed by atoms with Crippen LogP contribution in [-0.4, -0.2) is 47.6 Å². The van der Waals surface area contributed by atoms with Crippen molar-refractivity contribution < 1.29 is 23.9 Å². The first kappa shape index (κ1) is 20.1. The van der Waals surface area contributed by atoms with Gasteiger partial charge in [0.2, 0.25) is 5.91 Å². The first-order valence-electron chi connectivity index (χ1n) is 8.94. The highest BCUT2D eigenvalue weighted by Gasteiger charge is 2.46. The fourth-order valence-electron chi connectivity index (χ4n) is 2.89. The molecule has 1 heterocycles. The molecule has 29 heavy (non-hydrogen) atoms. The number of benzene rings is 2. The minimum Gasteiger partial charge on any atom is -0.455 e. The highest BCUT2D eigenvalue weighted by atomic mass is 16.5. The minimum absolute atomic E-state index is 0.309. The Morgan fingerprint density at radius 3 is 2.03 bits per heavy atom. The lowest BCUT2D eigenvalue weighted by molar-refractivity contribution is -0.151. The number of nitrogens with zero attached hydrogens (tertiary/aromatic N) is 2. The molecule has 1 saturated heterocycles. The van der Waals surface area contributed by atoms with Gasteiger partial charge < -0.3 is 10.1 Å². The fourth-order valence-corrected chi connectivity index (χ4v) is 2.89. The number of hydrogen-bond acceptors (Lipinski definition) is 5. The predicted molar refractivity (Wildman–Crippen MR) is 105 cm³/mol. The van der Waals surface area contributed by atoms with Crippen LogP contribution in [0.3, 0.4) is 0 Å². The zero-order valence-corrected chi connectivity index (χ0v) is 16.6. The van der Waals surface area contributed by atoms with Gasteiger partial charge in [-0.15, -0.1) is 0 Å². The summed E-state index contributed by atoms with van der Waals surface area (Å²) in [7, 11) is 2.46. The second-order valence-corrected chi connectivity index (χ2v) is 6.91. The molecule has 0 aromatic heterocycles. The van der Waals surface area contributed by atoms with E-state index in [1.54, 1.807) is 30.3 Å². The summed E-state index contributed by atoms with van der Waals surface area (Å²) in [6, 6.07) is 11.7. The van der Waals surface area contributed by atoms with Crippen LogP contribution in [0.2, 0.25) is 0 Å². The van der Waals surface area contributed by atoms with E-state index >= 15 is 0 Å². The molecule has 8 heteroatoms. The maximum Gasteiger partial charge on any atom is 0.332 e. The lowest BCUT2D eigenvalue weighted by Crippen LogP contribution is -2.59. The number of rotatable bonds is 4. The Hall–Kier alpha value is -3.68. The van der Waals surface area contributed by atoms with Gasteiger partial charge in [-0.25, -0.2) is 4.79 Å². The van der Waals surface area contributed by atoms with Crippen LogP contribution >= 0.6 is 0 Å². The Bertz CT molecular complexity index is 976. The van der Waals surface area contributed by atoms with Crippen molar-refractivity contribution in [2.45, 2.75) is 13.8 Å². The second-order valence-electron chi connectivity index (χ2n) is 6.91. The number of carbonyl (C=O) groups is 4. The zero-order valence-electron chi connectivity index (χ0n) is 16.6. The average Bonchev–Trinajstić information content (AvgIpc) is 2.69. The monoisotopic (exact) mass is 395 g/mol. The predicted octanol–water partition coefficient (Wildman–Crippen LogP) is 2.70. The van der Waals surface area contributed by atoms with Crippen molar-refractivity contribution in [3.63, 3.8) is 0 Å². The van der Waals surface area contributed by atoms with Gasteiger partial charge in [-0.1, -0.05) is 23.8 Å². The number of nitrogens with one attached hydrogen (secondary N) is 1. The summed E-state index contributed by atoms with van der Waals surface area (Å²) in [4.78, 5) is 50.8. The Morgan fingerprint density at radius 2 is 1.45 bits per heavy atom. The number of imide groups is 2. The summed E-state index contributed by atoms with van der Waals surface area (Å²) < 4.78 is 5.89. The van der Waals surface area contributed by atoms with Crippen LogP contribution in [0.25, 0.3) is 0 Å². The van der Waals surface area contributed by atoms with Crippen molar-refractivity contribution >= 4 is 29.4 Å². The van der Waals surface area contributed by atoms with Gasteiger partial charge in [0.15, 0.2) is 11.7 Å². The van der Waals surface area contributed by atoms with Crippen molar-refractivity contribution in [1.82, 2.24) is 9.80 Å². The van der Waals surface area contributed by atoms with Gasteiger partial charge in [-0.3, -0.25) is 24.2 Å². The first-order chi connectivity index (χ1) is 13.7. The number of hydrogen-bond donors (Lipinski definition) is 1. The lowest BCUT2D eigenvalue weighted by atomic mass is 10.0. The molecule has 1 N–H and O–H groups in total. The number of aryl methyl sites for hydroxylation is 2. The van der Waals surface area contributed by atoms with E-state index in [-0.39, 0.29) is 0 Å². The summed E-state index contributed by atoms with van der Waals surface area (Å²) in [5, 5.41) is 2.59. The van der Waals surface area contributed by atoms with Gasteiger partial charge in [0, 0.05) is 14.1 Å². The van der Waals surface area contributed by atoms with Crippen molar-refractivity contribution in [3.05, 3.63) is 53.6 Å². The van der Waals surface area contributed by atoms with Gasteiger partial charge in [-0.2, -0.15) is 0 Å². The second kappa shape index (κ2) is 7.75. The van der Waals surface area contributed by atoms with E-state index in [1.165, 1.54) is 14.1 Å². The van der Waals surface area contributed by atoms with Gasteiger partial charge >= 0.3 is 6.03 Å². The number of carbonyl (C=O) groups excluding carboxylic acids is 4. The van der Waals surface area contributed by atoms with Crippen molar-refractivity contribution in [1.29, 1.82) is 0 Å². The summed E-state index contributed by atoms with van der Waals surface area (Å²) in [6.45, 7) is 3.83. The number of urea groups is 1. The van der Waals surface area contributed by atoms with Crippen LogP contribution < -0.4 is 10.1 Å². The quantitative estimate of drug-likeness (QED) is 0.803. The molecule has 0 spiro atoms. The molecule has 5 amide bonds. The molecule has 0 atom stereocenters. The molecule has 0 radical (unpaired) electrons. The normalized spacial score (nSPS) is 15.0. The highest BCUT2D eigenvalue weighted by Crippen LogP contribution is 2.31. The van der Waals surface area contributed by atoms with Gasteiger partial charge in [0.05, 0.1) is 5.69 Å².